The monoisotopic (exact) mass is 71.0 g/mol. The van der Waals surface area contributed by atoms with Crippen molar-refractivity contribution in [1.82, 2.24) is 0 Å². The molecule has 0 unspecified atom stereocenters. The first-order chi connectivity index (χ1) is 2.41. The molecule has 0 fully saturated rings. The second-order valence-corrected chi connectivity index (χ2v) is 0.577. The fourth-order valence-electron chi connectivity index (χ4n) is 0.102. The van der Waals surface area contributed by atoms with Crippen molar-refractivity contribution in [3.8, 4) is 0 Å². The molecular formula is C4H7O. The van der Waals surface area contributed by atoms with Gasteiger partial charge in [0, 0.05) is 0 Å². The molecule has 0 aliphatic rings. The number of hydrogen-bond acceptors (Lipinski definition) is 1. The number of ether oxygens (including phenoxy) is 1. The van der Waals surface area contributed by atoms with Crippen molar-refractivity contribution >= 4 is 0 Å². The van der Waals surface area contributed by atoms with Crippen molar-refractivity contribution in [2.75, 3.05) is 6.61 Å². The van der Waals surface area contributed by atoms with E-state index in [-0.39, 0.29) is 0 Å². The highest BCUT2D eigenvalue weighted by Gasteiger charge is 1.57. The maximum absolute atomic E-state index is 4.47. The lowest BCUT2D eigenvalue weighted by Crippen LogP contribution is -1.73. The van der Waals surface area contributed by atoms with Gasteiger partial charge in [0.25, 0.3) is 0 Å². The van der Waals surface area contributed by atoms with E-state index in [0.717, 1.165) is 0 Å². The lowest BCUT2D eigenvalue weighted by molar-refractivity contribution is 0.249. The summed E-state index contributed by atoms with van der Waals surface area (Å²) >= 11 is 0. The molecule has 0 N–H and O–H groups in total. The molecule has 0 aromatic carbocycles. The van der Waals surface area contributed by atoms with Crippen LogP contribution in [0, 0.1) is 6.26 Å². The summed E-state index contributed by atoms with van der Waals surface area (Å²) in [6, 6.07) is 0. The molecule has 0 saturated carbocycles. The lowest BCUT2D eigenvalue weighted by Gasteiger charge is -1.82. The standard InChI is InChI=1S/C4H7O/c1-3-5-4-2/h1,4H2,2H3. The van der Waals surface area contributed by atoms with Crippen molar-refractivity contribution in [3.05, 3.63) is 12.8 Å². The van der Waals surface area contributed by atoms with Gasteiger partial charge in [-0.25, -0.2) is 0 Å². The molecule has 0 spiro atoms. The van der Waals surface area contributed by atoms with Crippen molar-refractivity contribution in [3.63, 3.8) is 0 Å². The molecule has 1 nitrogen and oxygen atoms in total. The van der Waals surface area contributed by atoms with E-state index in [1.54, 1.807) is 0 Å². The van der Waals surface area contributed by atoms with Crippen LogP contribution in [0.25, 0.3) is 0 Å². The van der Waals surface area contributed by atoms with Crippen LogP contribution in [0.1, 0.15) is 6.92 Å². The molecule has 0 heterocycles. The van der Waals surface area contributed by atoms with Crippen molar-refractivity contribution in [2.45, 2.75) is 6.92 Å². The minimum absolute atomic E-state index is 0.670. The molecular weight excluding hydrogens is 64.0 g/mol. The van der Waals surface area contributed by atoms with Crippen LogP contribution in [0.4, 0.5) is 0 Å². The van der Waals surface area contributed by atoms with E-state index in [1.165, 1.54) is 0 Å². The third-order valence-electron chi connectivity index (χ3n) is 0.246. The molecule has 1 heteroatoms. The molecule has 0 saturated heterocycles. The maximum Gasteiger partial charge on any atom is 0.153 e. The van der Waals surface area contributed by atoms with Gasteiger partial charge in [-0.15, -0.1) is 0 Å². The van der Waals surface area contributed by atoms with Gasteiger partial charge < -0.3 is 4.74 Å². The lowest BCUT2D eigenvalue weighted by atomic mass is 10.9. The van der Waals surface area contributed by atoms with Gasteiger partial charge in [0.05, 0.1) is 6.61 Å². The van der Waals surface area contributed by atoms with Crippen LogP contribution in [0.5, 0.6) is 0 Å². The summed E-state index contributed by atoms with van der Waals surface area (Å²) in [5.74, 6) is 0. The van der Waals surface area contributed by atoms with Crippen LogP contribution in [-0.4, -0.2) is 6.61 Å². The van der Waals surface area contributed by atoms with Crippen LogP contribution in [0.15, 0.2) is 6.58 Å². The van der Waals surface area contributed by atoms with Gasteiger partial charge in [0.2, 0.25) is 0 Å². The zero-order chi connectivity index (χ0) is 4.12. The molecule has 0 bridgehead atoms. The van der Waals surface area contributed by atoms with E-state index in [9.17, 15) is 0 Å². The van der Waals surface area contributed by atoms with Crippen molar-refractivity contribution in [1.29, 1.82) is 0 Å². The van der Waals surface area contributed by atoms with E-state index in [4.69, 9.17) is 0 Å². The fraction of sp³-hybridized carbons (Fsp3) is 0.500. The second kappa shape index (κ2) is 3.54. The summed E-state index contributed by atoms with van der Waals surface area (Å²) in [6.45, 7) is 5.76. The second-order valence-electron chi connectivity index (χ2n) is 0.577. The minimum Gasteiger partial charge on any atom is -0.491 e. The van der Waals surface area contributed by atoms with Crippen LogP contribution in [0.3, 0.4) is 0 Å². The SMILES string of the molecule is C=[C]OCC. The van der Waals surface area contributed by atoms with E-state index in [2.05, 4.69) is 17.6 Å². The summed E-state index contributed by atoms with van der Waals surface area (Å²) in [6.07, 6.45) is 2.27. The van der Waals surface area contributed by atoms with Gasteiger partial charge >= 0.3 is 0 Å². The van der Waals surface area contributed by atoms with Gasteiger partial charge in [-0.1, -0.05) is 6.58 Å². The van der Waals surface area contributed by atoms with Crippen LogP contribution in [0.2, 0.25) is 0 Å². The Morgan fingerprint density at radius 1 is 2.00 bits per heavy atom. The Kier molecular flexibility index (Phi) is 3.21. The van der Waals surface area contributed by atoms with E-state index in [0.29, 0.717) is 6.61 Å². The van der Waals surface area contributed by atoms with E-state index >= 15 is 0 Å². The molecule has 0 aromatic rings. The van der Waals surface area contributed by atoms with Crippen LogP contribution >= 0.6 is 0 Å². The Hall–Kier alpha value is -0.460. The average Bonchev–Trinajstić information content (AvgIpc) is 1.41. The predicted molar refractivity (Wildman–Crippen MR) is 20.5 cm³/mol. The summed E-state index contributed by atoms with van der Waals surface area (Å²) in [5.41, 5.74) is 0. The van der Waals surface area contributed by atoms with Gasteiger partial charge in [0.15, 0.2) is 6.26 Å². The molecule has 0 aliphatic carbocycles. The number of rotatable bonds is 2. The molecule has 5 heavy (non-hydrogen) atoms. The summed E-state index contributed by atoms with van der Waals surface area (Å²) in [5, 5.41) is 0. The van der Waals surface area contributed by atoms with Gasteiger partial charge in [-0.05, 0) is 6.92 Å². The first-order valence-corrected chi connectivity index (χ1v) is 1.55. The summed E-state index contributed by atoms with van der Waals surface area (Å²) < 4.78 is 4.47. The molecule has 0 atom stereocenters. The van der Waals surface area contributed by atoms with Crippen LogP contribution in [-0.2, 0) is 4.74 Å². The largest absolute Gasteiger partial charge is 0.491 e. The number of hydrogen-bond donors (Lipinski definition) is 0. The third-order valence-corrected chi connectivity index (χ3v) is 0.246. The quantitative estimate of drug-likeness (QED) is 0.441. The predicted octanol–water partition coefficient (Wildman–Crippen LogP) is 0.970. The van der Waals surface area contributed by atoms with Gasteiger partial charge in [-0.2, -0.15) is 0 Å². The van der Waals surface area contributed by atoms with Crippen molar-refractivity contribution in [2.24, 2.45) is 0 Å². The van der Waals surface area contributed by atoms with Gasteiger partial charge in [-0.3, -0.25) is 0 Å². The van der Waals surface area contributed by atoms with Crippen molar-refractivity contribution < 1.29 is 4.74 Å². The highest BCUT2D eigenvalue weighted by atomic mass is 16.5. The highest BCUT2D eigenvalue weighted by Crippen LogP contribution is 1.63. The van der Waals surface area contributed by atoms with Gasteiger partial charge in [0.1, 0.15) is 0 Å². The Balaban J connectivity index is 2.40. The molecule has 0 aromatic heterocycles. The smallest absolute Gasteiger partial charge is 0.153 e. The summed E-state index contributed by atoms with van der Waals surface area (Å²) in [7, 11) is 0. The molecule has 0 rings (SSSR count). The maximum atomic E-state index is 4.47. The minimum atomic E-state index is 0.670. The first kappa shape index (κ1) is 4.54. The molecule has 29 valence electrons. The molecule has 0 aliphatic heterocycles. The Labute approximate surface area is 32.3 Å². The zero-order valence-electron chi connectivity index (χ0n) is 3.32. The topological polar surface area (TPSA) is 9.23 Å². The van der Waals surface area contributed by atoms with E-state index < -0.39 is 0 Å². The average molecular weight is 71.1 g/mol. The normalized spacial score (nSPS) is 6.60. The molecule has 0 amide bonds. The zero-order valence-corrected chi connectivity index (χ0v) is 3.32. The third kappa shape index (κ3) is 3.54. The Bertz CT molecular complexity index is 24.8. The van der Waals surface area contributed by atoms with Crippen LogP contribution < -0.4 is 0 Å². The first-order valence-electron chi connectivity index (χ1n) is 1.55. The summed E-state index contributed by atoms with van der Waals surface area (Å²) in [4.78, 5) is 0. The Morgan fingerprint density at radius 2 is 2.60 bits per heavy atom. The fourth-order valence-corrected chi connectivity index (χ4v) is 0.102. The Morgan fingerprint density at radius 3 is 2.60 bits per heavy atom. The highest BCUT2D eigenvalue weighted by molar-refractivity contribution is 4.32. The van der Waals surface area contributed by atoms with E-state index in [1.807, 2.05) is 6.92 Å². The molecule has 1 radical (unpaired) electrons.